The molecule has 0 aliphatic carbocycles. The number of nitrogens with one attached hydrogen (secondary N) is 1. The van der Waals surface area contributed by atoms with Gasteiger partial charge in [-0.2, -0.15) is 0 Å². The van der Waals surface area contributed by atoms with Crippen molar-refractivity contribution in [1.82, 2.24) is 4.98 Å². The normalized spacial score (nSPS) is 18.6. The van der Waals surface area contributed by atoms with E-state index in [1.54, 1.807) is 18.3 Å². The van der Waals surface area contributed by atoms with Gasteiger partial charge in [-0.05, 0) is 30.9 Å². The molecule has 1 atom stereocenters. The van der Waals surface area contributed by atoms with Crippen molar-refractivity contribution in [3.8, 4) is 0 Å². The second-order valence-electron chi connectivity index (χ2n) is 4.18. The quantitative estimate of drug-likeness (QED) is 0.811. The van der Waals surface area contributed by atoms with Crippen molar-refractivity contribution in [2.75, 3.05) is 18.5 Å². The molecule has 92 valence electrons. The number of carbonyl (C=O) groups is 1. The predicted molar refractivity (Wildman–Crippen MR) is 64.4 cm³/mol. The molecule has 1 aromatic heterocycles. The Bertz CT molecular complexity index is 363. The van der Waals surface area contributed by atoms with Gasteiger partial charge in [-0.15, -0.1) is 0 Å². The number of nitrogens with two attached hydrogens (primary N) is 1. The summed E-state index contributed by atoms with van der Waals surface area (Å²) >= 11 is 0. The summed E-state index contributed by atoms with van der Waals surface area (Å²) < 4.78 is 5.25. The molecule has 1 fully saturated rings. The first-order valence-corrected chi connectivity index (χ1v) is 5.82. The molecule has 17 heavy (non-hydrogen) atoms. The lowest BCUT2D eigenvalue weighted by atomic mass is 9.92. The van der Waals surface area contributed by atoms with Gasteiger partial charge >= 0.3 is 0 Å². The molecule has 1 aliphatic rings. The minimum atomic E-state index is -0.485. The zero-order valence-electron chi connectivity index (χ0n) is 9.63. The van der Waals surface area contributed by atoms with Crippen LogP contribution in [-0.4, -0.2) is 30.1 Å². The largest absolute Gasteiger partial charge is 0.381 e. The number of pyridine rings is 1. The maximum atomic E-state index is 11.9. The topological polar surface area (TPSA) is 77.2 Å². The third kappa shape index (κ3) is 3.25. The van der Waals surface area contributed by atoms with Gasteiger partial charge in [0, 0.05) is 19.4 Å². The lowest BCUT2D eigenvalue weighted by Crippen LogP contribution is -2.44. The molecule has 1 saturated heterocycles. The molecule has 5 heteroatoms. The third-order valence-electron chi connectivity index (χ3n) is 2.99. The van der Waals surface area contributed by atoms with E-state index in [0.717, 1.165) is 12.8 Å². The van der Waals surface area contributed by atoms with Crippen molar-refractivity contribution in [2.24, 2.45) is 11.7 Å². The maximum Gasteiger partial charge on any atom is 0.242 e. The summed E-state index contributed by atoms with van der Waals surface area (Å²) in [6.07, 6.45) is 3.32. The van der Waals surface area contributed by atoms with Crippen LogP contribution in [-0.2, 0) is 9.53 Å². The molecule has 1 aliphatic heterocycles. The Morgan fingerprint density at radius 3 is 2.88 bits per heavy atom. The van der Waals surface area contributed by atoms with Crippen LogP contribution in [0.3, 0.4) is 0 Å². The summed E-state index contributed by atoms with van der Waals surface area (Å²) in [5.41, 5.74) is 5.94. The molecular weight excluding hydrogens is 218 g/mol. The molecule has 0 bridgehead atoms. The van der Waals surface area contributed by atoms with E-state index in [1.165, 1.54) is 0 Å². The first-order valence-electron chi connectivity index (χ1n) is 5.82. The third-order valence-corrected chi connectivity index (χ3v) is 2.99. The van der Waals surface area contributed by atoms with Gasteiger partial charge < -0.3 is 15.8 Å². The number of carbonyl (C=O) groups excluding carboxylic acids is 1. The van der Waals surface area contributed by atoms with E-state index in [1.807, 2.05) is 6.07 Å². The minimum absolute atomic E-state index is 0.171. The van der Waals surface area contributed by atoms with Crippen LogP contribution >= 0.6 is 0 Å². The Hall–Kier alpha value is -1.46. The molecule has 2 heterocycles. The van der Waals surface area contributed by atoms with Crippen LogP contribution < -0.4 is 11.1 Å². The summed E-state index contributed by atoms with van der Waals surface area (Å²) in [6.45, 7) is 1.38. The average Bonchev–Trinajstić information content (AvgIpc) is 2.40. The van der Waals surface area contributed by atoms with E-state index >= 15 is 0 Å². The molecule has 1 unspecified atom stereocenters. The Labute approximate surface area is 100 Å². The molecule has 0 saturated carbocycles. The van der Waals surface area contributed by atoms with E-state index < -0.39 is 6.04 Å². The summed E-state index contributed by atoms with van der Waals surface area (Å²) in [5, 5.41) is 2.72. The molecule has 1 amide bonds. The zero-order chi connectivity index (χ0) is 12.1. The van der Waals surface area contributed by atoms with Crippen molar-refractivity contribution in [3.63, 3.8) is 0 Å². The number of amides is 1. The highest BCUT2D eigenvalue weighted by Crippen LogP contribution is 2.18. The van der Waals surface area contributed by atoms with Crippen molar-refractivity contribution in [1.29, 1.82) is 0 Å². The number of ether oxygens (including phenoxy) is 1. The van der Waals surface area contributed by atoms with Crippen LogP contribution in [0.25, 0.3) is 0 Å². The molecule has 0 radical (unpaired) electrons. The molecule has 0 spiro atoms. The monoisotopic (exact) mass is 235 g/mol. The standard InChI is InChI=1S/C12H17N3O2/c13-11(9-4-7-17-8-5-9)12(16)15-10-3-1-2-6-14-10/h1-3,6,9,11H,4-5,7-8,13H2,(H,14,15,16). The summed E-state index contributed by atoms with van der Waals surface area (Å²) in [5.74, 6) is 0.572. The fraction of sp³-hybridized carbons (Fsp3) is 0.500. The van der Waals surface area contributed by atoms with Crippen LogP contribution in [0.4, 0.5) is 5.82 Å². The first-order chi connectivity index (χ1) is 8.27. The zero-order valence-corrected chi connectivity index (χ0v) is 9.63. The maximum absolute atomic E-state index is 11.9. The van der Waals surface area contributed by atoms with Gasteiger partial charge in [0.1, 0.15) is 5.82 Å². The lowest BCUT2D eigenvalue weighted by Gasteiger charge is -2.26. The van der Waals surface area contributed by atoms with Crippen molar-refractivity contribution in [2.45, 2.75) is 18.9 Å². The Morgan fingerprint density at radius 2 is 2.24 bits per heavy atom. The van der Waals surface area contributed by atoms with Gasteiger partial charge in [-0.25, -0.2) is 4.98 Å². The molecule has 2 rings (SSSR count). The van der Waals surface area contributed by atoms with E-state index in [2.05, 4.69) is 10.3 Å². The van der Waals surface area contributed by atoms with Gasteiger partial charge in [0.15, 0.2) is 0 Å². The molecular formula is C12H17N3O2. The number of anilines is 1. The van der Waals surface area contributed by atoms with Crippen LogP contribution in [0, 0.1) is 5.92 Å². The number of aromatic nitrogens is 1. The molecule has 5 nitrogen and oxygen atoms in total. The molecule has 3 N–H and O–H groups in total. The molecule has 1 aromatic rings. The van der Waals surface area contributed by atoms with Gasteiger partial charge in [0.25, 0.3) is 0 Å². The van der Waals surface area contributed by atoms with Crippen LogP contribution in [0.5, 0.6) is 0 Å². The number of hydrogen-bond acceptors (Lipinski definition) is 4. The van der Waals surface area contributed by atoms with Crippen molar-refractivity contribution in [3.05, 3.63) is 24.4 Å². The highest BCUT2D eigenvalue weighted by atomic mass is 16.5. The van der Waals surface area contributed by atoms with Crippen LogP contribution in [0.2, 0.25) is 0 Å². The fourth-order valence-electron chi connectivity index (χ4n) is 1.94. The Balaban J connectivity index is 1.90. The summed E-state index contributed by atoms with van der Waals surface area (Å²) in [6, 6.07) is 4.88. The number of nitrogens with zero attached hydrogens (tertiary/aromatic N) is 1. The van der Waals surface area contributed by atoms with E-state index in [9.17, 15) is 4.79 Å². The van der Waals surface area contributed by atoms with E-state index in [4.69, 9.17) is 10.5 Å². The van der Waals surface area contributed by atoms with Gasteiger partial charge in [-0.3, -0.25) is 4.79 Å². The van der Waals surface area contributed by atoms with Crippen molar-refractivity contribution < 1.29 is 9.53 Å². The van der Waals surface area contributed by atoms with E-state index in [0.29, 0.717) is 19.0 Å². The minimum Gasteiger partial charge on any atom is -0.381 e. The van der Waals surface area contributed by atoms with Crippen molar-refractivity contribution >= 4 is 11.7 Å². The Morgan fingerprint density at radius 1 is 1.47 bits per heavy atom. The fourth-order valence-corrected chi connectivity index (χ4v) is 1.94. The smallest absolute Gasteiger partial charge is 0.242 e. The van der Waals surface area contributed by atoms with Gasteiger partial charge in [-0.1, -0.05) is 6.07 Å². The number of rotatable bonds is 3. The summed E-state index contributed by atoms with van der Waals surface area (Å²) in [7, 11) is 0. The van der Waals surface area contributed by atoms with E-state index in [-0.39, 0.29) is 11.8 Å². The lowest BCUT2D eigenvalue weighted by molar-refractivity contribution is -0.119. The summed E-state index contributed by atoms with van der Waals surface area (Å²) in [4.78, 5) is 15.9. The van der Waals surface area contributed by atoms with Gasteiger partial charge in [0.2, 0.25) is 5.91 Å². The highest BCUT2D eigenvalue weighted by Gasteiger charge is 2.26. The second-order valence-corrected chi connectivity index (χ2v) is 4.18. The molecule has 0 aromatic carbocycles. The second kappa shape index (κ2) is 5.75. The highest BCUT2D eigenvalue weighted by molar-refractivity contribution is 5.94. The van der Waals surface area contributed by atoms with Crippen LogP contribution in [0.1, 0.15) is 12.8 Å². The predicted octanol–water partition coefficient (Wildman–Crippen LogP) is 0.774. The van der Waals surface area contributed by atoms with Crippen LogP contribution in [0.15, 0.2) is 24.4 Å². The first kappa shape index (κ1) is 12.0. The van der Waals surface area contributed by atoms with Gasteiger partial charge in [0.05, 0.1) is 6.04 Å². The number of hydrogen-bond donors (Lipinski definition) is 2. The SMILES string of the molecule is NC(C(=O)Nc1ccccn1)C1CCOCC1. The average molecular weight is 235 g/mol. The Kier molecular flexibility index (Phi) is 4.06.